The zero-order valence-electron chi connectivity index (χ0n) is 10.3. The third-order valence-electron chi connectivity index (χ3n) is 2.11. The quantitative estimate of drug-likeness (QED) is 0.540. The Bertz CT molecular complexity index is 390. The first-order chi connectivity index (χ1) is 8.58. The van der Waals surface area contributed by atoms with Crippen molar-refractivity contribution in [3.8, 4) is 0 Å². The Balaban J connectivity index is 2.82. The van der Waals surface area contributed by atoms with Gasteiger partial charge in [-0.1, -0.05) is 40.9 Å². The molecule has 0 bridgehead atoms. The van der Waals surface area contributed by atoms with Crippen LogP contribution in [-0.4, -0.2) is 19.5 Å². The van der Waals surface area contributed by atoms with Crippen molar-refractivity contribution in [1.29, 1.82) is 0 Å². The van der Waals surface area contributed by atoms with E-state index in [1.165, 1.54) is 0 Å². The highest BCUT2D eigenvalue weighted by molar-refractivity contribution is 6.48. The zero-order chi connectivity index (χ0) is 13.5. The Morgan fingerprint density at radius 1 is 1.06 bits per heavy atom. The molecule has 18 heavy (non-hydrogen) atoms. The number of hydrogen-bond acceptors (Lipinski definition) is 2. The minimum absolute atomic E-state index is 0.363. The van der Waals surface area contributed by atoms with Gasteiger partial charge in [0.2, 0.25) is 0 Å². The van der Waals surface area contributed by atoms with E-state index in [1.807, 2.05) is 26.0 Å². The Morgan fingerprint density at radius 2 is 1.56 bits per heavy atom. The van der Waals surface area contributed by atoms with Crippen LogP contribution in [0.1, 0.15) is 19.4 Å². The van der Waals surface area contributed by atoms with E-state index >= 15 is 0 Å². The van der Waals surface area contributed by atoms with Crippen molar-refractivity contribution in [3.05, 3.63) is 38.8 Å². The number of halogens is 3. The van der Waals surface area contributed by atoms with Gasteiger partial charge in [0.15, 0.2) is 6.29 Å². The summed E-state index contributed by atoms with van der Waals surface area (Å²) in [6.07, 6.45) is 3.28. The van der Waals surface area contributed by atoms with E-state index < -0.39 is 0 Å². The topological polar surface area (TPSA) is 18.5 Å². The summed E-state index contributed by atoms with van der Waals surface area (Å²) in [5.74, 6) is 0. The Kier molecular flexibility index (Phi) is 7.05. The van der Waals surface area contributed by atoms with Crippen molar-refractivity contribution in [2.45, 2.75) is 20.1 Å². The SMILES string of the molecule is CCOC(/C=C/c1cc(Cl)c(Cl)c(Cl)c1)OCC. The molecule has 0 spiro atoms. The molecule has 0 unspecified atom stereocenters. The molecular weight excluding hydrogens is 294 g/mol. The first-order valence-corrected chi connectivity index (χ1v) is 6.77. The van der Waals surface area contributed by atoms with E-state index in [1.54, 1.807) is 12.1 Å². The van der Waals surface area contributed by atoms with Gasteiger partial charge in [0.25, 0.3) is 0 Å². The molecule has 0 saturated heterocycles. The van der Waals surface area contributed by atoms with E-state index in [9.17, 15) is 0 Å². The second-order valence-corrected chi connectivity index (χ2v) is 4.63. The summed E-state index contributed by atoms with van der Waals surface area (Å²) in [5, 5.41) is 1.21. The second-order valence-electron chi connectivity index (χ2n) is 3.44. The molecular formula is C13H15Cl3O2. The lowest BCUT2D eigenvalue weighted by atomic mass is 10.2. The summed E-state index contributed by atoms with van der Waals surface area (Å²) >= 11 is 17.8. The molecule has 0 aliphatic heterocycles. The van der Waals surface area contributed by atoms with E-state index in [2.05, 4.69) is 0 Å². The molecule has 0 amide bonds. The maximum atomic E-state index is 5.94. The van der Waals surface area contributed by atoms with Crippen LogP contribution in [0.25, 0.3) is 6.08 Å². The Hall–Kier alpha value is -0.250. The Morgan fingerprint density at radius 3 is 2.00 bits per heavy atom. The van der Waals surface area contributed by atoms with Crippen LogP contribution in [0.2, 0.25) is 15.1 Å². The van der Waals surface area contributed by atoms with Gasteiger partial charge < -0.3 is 9.47 Å². The van der Waals surface area contributed by atoms with Crippen molar-refractivity contribution in [3.63, 3.8) is 0 Å². The van der Waals surface area contributed by atoms with Gasteiger partial charge in [-0.15, -0.1) is 0 Å². The largest absolute Gasteiger partial charge is 0.349 e. The summed E-state index contributed by atoms with van der Waals surface area (Å²) in [6.45, 7) is 4.99. The minimum Gasteiger partial charge on any atom is -0.349 e. The van der Waals surface area contributed by atoms with E-state index in [4.69, 9.17) is 44.3 Å². The molecule has 1 aromatic carbocycles. The van der Waals surface area contributed by atoms with Gasteiger partial charge >= 0.3 is 0 Å². The molecule has 1 rings (SSSR count). The van der Waals surface area contributed by atoms with Crippen LogP contribution in [0.3, 0.4) is 0 Å². The second kappa shape index (κ2) is 8.03. The predicted octanol–water partition coefficient (Wildman–Crippen LogP) is 5.06. The fourth-order valence-electron chi connectivity index (χ4n) is 1.35. The van der Waals surface area contributed by atoms with Crippen molar-refractivity contribution >= 4 is 40.9 Å². The minimum atomic E-state index is -0.367. The average Bonchev–Trinajstić information content (AvgIpc) is 2.33. The van der Waals surface area contributed by atoms with Gasteiger partial charge in [0.1, 0.15) is 0 Å². The molecule has 100 valence electrons. The summed E-state index contributed by atoms with van der Waals surface area (Å²) in [6, 6.07) is 3.47. The fraction of sp³-hybridized carbons (Fsp3) is 0.385. The van der Waals surface area contributed by atoms with Crippen molar-refractivity contribution in [1.82, 2.24) is 0 Å². The molecule has 2 nitrogen and oxygen atoms in total. The van der Waals surface area contributed by atoms with Gasteiger partial charge in [0.05, 0.1) is 15.1 Å². The van der Waals surface area contributed by atoms with Crippen LogP contribution in [0.4, 0.5) is 0 Å². The van der Waals surface area contributed by atoms with Gasteiger partial charge in [0, 0.05) is 13.2 Å². The van der Waals surface area contributed by atoms with Crippen molar-refractivity contribution < 1.29 is 9.47 Å². The van der Waals surface area contributed by atoms with Crippen LogP contribution in [0, 0.1) is 0 Å². The summed E-state index contributed by atoms with van der Waals surface area (Å²) in [4.78, 5) is 0. The van der Waals surface area contributed by atoms with Crippen LogP contribution < -0.4 is 0 Å². The highest BCUT2D eigenvalue weighted by Crippen LogP contribution is 2.31. The maximum Gasteiger partial charge on any atom is 0.177 e. The van der Waals surface area contributed by atoms with E-state index in [0.717, 1.165) is 5.56 Å². The highest BCUT2D eigenvalue weighted by Gasteiger charge is 2.06. The standard InChI is InChI=1S/C13H15Cl3O2/c1-3-17-12(18-4-2)6-5-9-7-10(14)13(16)11(15)8-9/h5-8,12H,3-4H2,1-2H3/b6-5+. The summed E-state index contributed by atoms with van der Waals surface area (Å²) < 4.78 is 10.8. The van der Waals surface area contributed by atoms with E-state index in [0.29, 0.717) is 28.3 Å². The molecule has 0 fully saturated rings. The molecule has 0 N–H and O–H groups in total. The molecule has 1 aromatic rings. The van der Waals surface area contributed by atoms with Gasteiger partial charge in [-0.2, -0.15) is 0 Å². The first kappa shape index (κ1) is 15.8. The van der Waals surface area contributed by atoms with Gasteiger partial charge in [-0.25, -0.2) is 0 Å². The molecule has 0 heterocycles. The van der Waals surface area contributed by atoms with Crippen LogP contribution in [-0.2, 0) is 9.47 Å². The summed E-state index contributed by atoms with van der Waals surface area (Å²) in [7, 11) is 0. The number of benzene rings is 1. The third-order valence-corrected chi connectivity index (χ3v) is 3.31. The van der Waals surface area contributed by atoms with Gasteiger partial charge in [-0.3, -0.25) is 0 Å². The summed E-state index contributed by atoms with van der Waals surface area (Å²) in [5.41, 5.74) is 0.846. The molecule has 0 aromatic heterocycles. The number of ether oxygens (including phenoxy) is 2. The molecule has 0 radical (unpaired) electrons. The monoisotopic (exact) mass is 308 g/mol. The lowest BCUT2D eigenvalue weighted by molar-refractivity contribution is -0.103. The zero-order valence-corrected chi connectivity index (χ0v) is 12.5. The number of hydrogen-bond donors (Lipinski definition) is 0. The lowest BCUT2D eigenvalue weighted by Gasteiger charge is -2.12. The van der Waals surface area contributed by atoms with Gasteiger partial charge in [-0.05, 0) is 37.6 Å². The van der Waals surface area contributed by atoms with Crippen molar-refractivity contribution in [2.24, 2.45) is 0 Å². The molecule has 0 aliphatic carbocycles. The number of rotatable bonds is 6. The normalized spacial score (nSPS) is 11.7. The van der Waals surface area contributed by atoms with E-state index in [-0.39, 0.29) is 6.29 Å². The Labute approximate surface area is 122 Å². The molecule has 0 aliphatic rings. The average molecular weight is 310 g/mol. The molecule has 0 saturated carbocycles. The van der Waals surface area contributed by atoms with Crippen LogP contribution >= 0.6 is 34.8 Å². The molecule has 5 heteroatoms. The van der Waals surface area contributed by atoms with Crippen molar-refractivity contribution in [2.75, 3.05) is 13.2 Å². The smallest absolute Gasteiger partial charge is 0.177 e. The lowest BCUT2D eigenvalue weighted by Crippen LogP contribution is -2.13. The maximum absolute atomic E-state index is 5.94. The molecule has 0 atom stereocenters. The third kappa shape index (κ3) is 4.79. The first-order valence-electron chi connectivity index (χ1n) is 5.64. The highest BCUT2D eigenvalue weighted by atomic mass is 35.5. The predicted molar refractivity (Wildman–Crippen MR) is 77.5 cm³/mol. The van der Waals surface area contributed by atoms with Crippen LogP contribution in [0.15, 0.2) is 18.2 Å². The fourth-order valence-corrected chi connectivity index (χ4v) is 1.96. The van der Waals surface area contributed by atoms with Crippen LogP contribution in [0.5, 0.6) is 0 Å².